The van der Waals surface area contributed by atoms with E-state index in [1.165, 1.54) is 11.1 Å². The largest absolute Gasteiger partial charge is 0.297 e. The van der Waals surface area contributed by atoms with Crippen LogP contribution in [-0.4, -0.2) is 10.3 Å². The van der Waals surface area contributed by atoms with E-state index >= 15 is 0 Å². The van der Waals surface area contributed by atoms with Gasteiger partial charge in [-0.2, -0.15) is 0 Å². The molecule has 0 fully saturated rings. The number of amides is 1. The molecule has 0 spiro atoms. The molecule has 2 aromatic rings. The molecule has 0 radical (unpaired) electrons. The Morgan fingerprint density at radius 1 is 1.11 bits per heavy atom. The minimum Gasteiger partial charge on any atom is -0.297 e. The normalized spacial score (nSPS) is 20.6. The number of hydrogen-bond acceptors (Lipinski definition) is 1. The topological polar surface area (TPSA) is 20.3 Å². The summed E-state index contributed by atoms with van der Waals surface area (Å²) >= 11 is 2.37. The van der Waals surface area contributed by atoms with E-state index in [1.54, 1.807) is 6.92 Å². The molecule has 1 heterocycles. The van der Waals surface area contributed by atoms with Crippen LogP contribution in [0.3, 0.4) is 0 Å². The summed E-state index contributed by atoms with van der Waals surface area (Å²) in [6, 6.07) is 18.4. The van der Waals surface area contributed by atoms with Gasteiger partial charge in [-0.1, -0.05) is 71.1 Å². The summed E-state index contributed by atoms with van der Waals surface area (Å²) < 4.78 is 0.853. The van der Waals surface area contributed by atoms with E-state index < -0.39 is 0 Å². The first kappa shape index (κ1) is 12.7. The van der Waals surface area contributed by atoms with Crippen LogP contribution in [0.15, 0.2) is 54.6 Å². The van der Waals surface area contributed by atoms with Gasteiger partial charge < -0.3 is 0 Å². The Kier molecular flexibility index (Phi) is 3.09. The van der Waals surface area contributed by atoms with Crippen molar-refractivity contribution in [3.05, 3.63) is 65.7 Å². The van der Waals surface area contributed by atoms with Crippen LogP contribution in [0.4, 0.5) is 5.69 Å². The Morgan fingerprint density at radius 3 is 2.37 bits per heavy atom. The zero-order valence-electron chi connectivity index (χ0n) is 10.6. The summed E-state index contributed by atoms with van der Waals surface area (Å²) in [5.41, 5.74) is 3.16. The van der Waals surface area contributed by atoms with Crippen molar-refractivity contribution < 1.29 is 4.79 Å². The molecule has 3 rings (SSSR count). The Labute approximate surface area is 126 Å². The average molecular weight is 363 g/mol. The second-order valence-corrected chi connectivity index (χ2v) is 5.49. The molecule has 0 aliphatic carbocycles. The summed E-state index contributed by atoms with van der Waals surface area (Å²) in [5.74, 6) is 0.0965. The third-order valence-electron chi connectivity index (χ3n) is 3.73. The molecule has 2 nitrogen and oxygen atoms in total. The van der Waals surface area contributed by atoms with Crippen molar-refractivity contribution in [1.82, 2.24) is 0 Å². The molecular formula is C16H14INO. The minimum atomic E-state index is -0.301. The average Bonchev–Trinajstić information content (AvgIpc) is 2.42. The molecule has 0 aromatic heterocycles. The SMILES string of the molecule is CC(=O)N1c2ccccc2C1(CI)c1ccccc1. The summed E-state index contributed by atoms with van der Waals surface area (Å²) in [5, 5.41) is 0. The Balaban J connectivity index is 2.24. The van der Waals surface area contributed by atoms with Gasteiger partial charge in [0.05, 0.1) is 5.69 Å². The van der Waals surface area contributed by atoms with E-state index in [1.807, 2.05) is 41.3 Å². The predicted molar refractivity (Wildman–Crippen MR) is 85.7 cm³/mol. The van der Waals surface area contributed by atoms with E-state index in [9.17, 15) is 4.79 Å². The first-order chi connectivity index (χ1) is 9.21. The molecule has 0 saturated heterocycles. The molecule has 1 aliphatic heterocycles. The highest BCUT2D eigenvalue weighted by Gasteiger charge is 2.51. The molecular weight excluding hydrogens is 349 g/mol. The monoisotopic (exact) mass is 363 g/mol. The van der Waals surface area contributed by atoms with Gasteiger partial charge in [-0.25, -0.2) is 0 Å². The van der Waals surface area contributed by atoms with Gasteiger partial charge in [0, 0.05) is 16.9 Å². The number of anilines is 1. The van der Waals surface area contributed by atoms with Crippen molar-refractivity contribution in [2.45, 2.75) is 12.5 Å². The summed E-state index contributed by atoms with van der Waals surface area (Å²) in [4.78, 5) is 14.0. The molecule has 19 heavy (non-hydrogen) atoms. The standard InChI is InChI=1S/C16H14INO/c1-12(19)18-15-10-6-5-9-14(15)16(18,11-17)13-7-3-2-4-8-13/h2-10H,11H2,1H3. The third-order valence-corrected chi connectivity index (χ3v) is 4.84. The van der Waals surface area contributed by atoms with Crippen LogP contribution >= 0.6 is 22.6 Å². The van der Waals surface area contributed by atoms with Gasteiger partial charge in [-0.3, -0.25) is 9.69 Å². The highest BCUT2D eigenvalue weighted by Crippen LogP contribution is 2.52. The molecule has 1 aliphatic rings. The fraction of sp³-hybridized carbons (Fsp3) is 0.188. The number of halogens is 1. The molecule has 0 saturated carbocycles. The highest BCUT2D eigenvalue weighted by molar-refractivity contribution is 14.1. The van der Waals surface area contributed by atoms with E-state index in [4.69, 9.17) is 0 Å². The molecule has 1 atom stereocenters. The van der Waals surface area contributed by atoms with E-state index in [-0.39, 0.29) is 11.4 Å². The minimum absolute atomic E-state index is 0.0965. The lowest BCUT2D eigenvalue weighted by molar-refractivity contribution is -0.117. The molecule has 3 heteroatoms. The van der Waals surface area contributed by atoms with Gasteiger partial charge in [-0.05, 0) is 11.6 Å². The van der Waals surface area contributed by atoms with Crippen LogP contribution in [0.5, 0.6) is 0 Å². The third kappa shape index (κ3) is 1.64. The summed E-state index contributed by atoms with van der Waals surface area (Å²) in [6.07, 6.45) is 0. The van der Waals surface area contributed by atoms with Gasteiger partial charge in [0.25, 0.3) is 0 Å². The molecule has 0 N–H and O–H groups in total. The lowest BCUT2D eigenvalue weighted by Crippen LogP contribution is -2.59. The van der Waals surface area contributed by atoms with Crippen molar-refractivity contribution in [1.29, 1.82) is 0 Å². The maximum atomic E-state index is 12.1. The van der Waals surface area contributed by atoms with Crippen molar-refractivity contribution in [2.24, 2.45) is 0 Å². The van der Waals surface area contributed by atoms with Crippen LogP contribution in [0, 0.1) is 0 Å². The second kappa shape index (κ2) is 4.63. The fourth-order valence-corrected chi connectivity index (χ4v) is 4.13. The highest BCUT2D eigenvalue weighted by atomic mass is 127. The number of nitrogens with zero attached hydrogens (tertiary/aromatic N) is 1. The van der Waals surface area contributed by atoms with E-state index in [0.29, 0.717) is 0 Å². The number of carbonyl (C=O) groups excluding carboxylic acids is 1. The van der Waals surface area contributed by atoms with E-state index in [2.05, 4.69) is 40.8 Å². The first-order valence-electron chi connectivity index (χ1n) is 6.23. The van der Waals surface area contributed by atoms with Crippen molar-refractivity contribution in [2.75, 3.05) is 9.33 Å². The van der Waals surface area contributed by atoms with Crippen LogP contribution in [0.1, 0.15) is 18.1 Å². The lowest BCUT2D eigenvalue weighted by atomic mass is 9.75. The molecule has 2 aromatic carbocycles. The van der Waals surface area contributed by atoms with Gasteiger partial charge >= 0.3 is 0 Å². The van der Waals surface area contributed by atoms with Crippen molar-refractivity contribution >= 4 is 34.2 Å². The number of hydrogen-bond donors (Lipinski definition) is 0. The summed E-state index contributed by atoms with van der Waals surface area (Å²) in [7, 11) is 0. The zero-order valence-corrected chi connectivity index (χ0v) is 12.8. The Bertz CT molecular complexity index is 626. The number of para-hydroxylation sites is 1. The first-order valence-corrected chi connectivity index (χ1v) is 7.76. The quantitative estimate of drug-likeness (QED) is 0.588. The molecule has 0 bridgehead atoms. The number of carbonyl (C=O) groups is 1. The predicted octanol–water partition coefficient (Wildman–Crippen LogP) is 3.73. The fourth-order valence-electron chi connectivity index (χ4n) is 2.94. The second-order valence-electron chi connectivity index (χ2n) is 4.73. The molecule has 1 amide bonds. The maximum Gasteiger partial charge on any atom is 0.224 e. The lowest BCUT2D eigenvalue weighted by Gasteiger charge is -2.53. The number of benzene rings is 2. The maximum absolute atomic E-state index is 12.1. The number of alkyl halides is 1. The van der Waals surface area contributed by atoms with Crippen molar-refractivity contribution in [3.63, 3.8) is 0 Å². The van der Waals surface area contributed by atoms with Crippen molar-refractivity contribution in [3.8, 4) is 0 Å². The molecule has 96 valence electrons. The van der Waals surface area contributed by atoms with Gasteiger partial charge in [-0.15, -0.1) is 0 Å². The van der Waals surface area contributed by atoms with Crippen LogP contribution in [0.2, 0.25) is 0 Å². The van der Waals surface area contributed by atoms with Crippen LogP contribution in [0.25, 0.3) is 0 Å². The van der Waals surface area contributed by atoms with Crippen LogP contribution in [-0.2, 0) is 10.3 Å². The van der Waals surface area contributed by atoms with Crippen LogP contribution < -0.4 is 4.90 Å². The zero-order chi connectivity index (χ0) is 13.5. The van der Waals surface area contributed by atoms with Gasteiger partial charge in [0.15, 0.2) is 0 Å². The smallest absolute Gasteiger partial charge is 0.224 e. The van der Waals surface area contributed by atoms with E-state index in [0.717, 1.165) is 10.1 Å². The summed E-state index contributed by atoms with van der Waals surface area (Å²) in [6.45, 7) is 1.64. The number of fused-ring (bicyclic) bond motifs is 1. The number of rotatable bonds is 2. The Morgan fingerprint density at radius 2 is 1.74 bits per heavy atom. The molecule has 1 unspecified atom stereocenters. The van der Waals surface area contributed by atoms with Gasteiger partial charge in [0.1, 0.15) is 5.54 Å². The van der Waals surface area contributed by atoms with Gasteiger partial charge in [0.2, 0.25) is 5.91 Å². The Hall–Kier alpha value is -1.36.